The Bertz CT molecular complexity index is 1260. The Balaban J connectivity index is 1.30. The Morgan fingerprint density at radius 2 is 1.50 bits per heavy atom. The van der Waals surface area contributed by atoms with Gasteiger partial charge in [-0.05, 0) is 47.6 Å². The molecule has 0 unspecified atom stereocenters. The van der Waals surface area contributed by atoms with E-state index in [-0.39, 0.29) is 0 Å². The van der Waals surface area contributed by atoms with Gasteiger partial charge in [0.2, 0.25) is 0 Å². The highest BCUT2D eigenvalue weighted by molar-refractivity contribution is 7.71. The van der Waals surface area contributed by atoms with E-state index < -0.39 is 0 Å². The normalized spacial score (nSPS) is 15.0. The maximum absolute atomic E-state index is 6.02. The van der Waals surface area contributed by atoms with E-state index in [1.54, 1.807) is 6.20 Å². The van der Waals surface area contributed by atoms with E-state index in [2.05, 4.69) is 55.7 Å². The average Bonchev–Trinajstić information content (AvgIpc) is 3.18. The first-order valence-electron chi connectivity index (χ1n) is 11.5. The maximum atomic E-state index is 6.02. The lowest BCUT2D eigenvalue weighted by molar-refractivity contribution is 0.0981. The molecule has 2 aromatic carbocycles. The molecular formula is C26H27ClN6S. The Hall–Kier alpha value is -2.84. The molecule has 1 fully saturated rings. The zero-order valence-electron chi connectivity index (χ0n) is 18.9. The molecule has 174 valence electrons. The third-order valence-electron chi connectivity index (χ3n) is 6.14. The molecule has 34 heavy (non-hydrogen) atoms. The van der Waals surface area contributed by atoms with Gasteiger partial charge < -0.3 is 0 Å². The zero-order valence-corrected chi connectivity index (χ0v) is 20.5. The Kier molecular flexibility index (Phi) is 7.16. The molecule has 0 bridgehead atoms. The van der Waals surface area contributed by atoms with Crippen LogP contribution in [0.2, 0.25) is 5.02 Å². The van der Waals surface area contributed by atoms with Crippen molar-refractivity contribution in [2.75, 3.05) is 26.2 Å². The Morgan fingerprint density at radius 1 is 0.794 bits per heavy atom. The number of hydrogen-bond donors (Lipinski definition) is 0. The molecular weight excluding hydrogens is 464 g/mol. The topological polar surface area (TPSA) is 42.1 Å². The fraction of sp³-hybridized carbons (Fsp3) is 0.269. The first-order valence-corrected chi connectivity index (χ1v) is 12.3. The van der Waals surface area contributed by atoms with E-state index in [0.29, 0.717) is 13.2 Å². The van der Waals surface area contributed by atoms with Crippen molar-refractivity contribution in [1.82, 2.24) is 29.1 Å². The number of halogens is 1. The van der Waals surface area contributed by atoms with Crippen molar-refractivity contribution in [3.63, 3.8) is 0 Å². The quantitative estimate of drug-likeness (QED) is 0.343. The van der Waals surface area contributed by atoms with Crippen molar-refractivity contribution in [2.45, 2.75) is 19.8 Å². The molecule has 0 amide bonds. The summed E-state index contributed by atoms with van der Waals surface area (Å²) in [6.45, 7) is 6.28. The molecule has 2 aromatic heterocycles. The molecule has 0 atom stereocenters. The van der Waals surface area contributed by atoms with Gasteiger partial charge in [0, 0.05) is 55.7 Å². The van der Waals surface area contributed by atoms with Crippen LogP contribution in [0.15, 0.2) is 79.1 Å². The number of rotatable bonds is 7. The first-order chi connectivity index (χ1) is 16.7. The summed E-state index contributed by atoms with van der Waals surface area (Å²) in [6, 6.07) is 22.5. The van der Waals surface area contributed by atoms with Crippen molar-refractivity contribution in [2.24, 2.45) is 0 Å². The summed E-state index contributed by atoms with van der Waals surface area (Å²) < 4.78 is 4.79. The summed E-state index contributed by atoms with van der Waals surface area (Å²) in [7, 11) is 0. The highest BCUT2D eigenvalue weighted by Gasteiger charge is 2.20. The van der Waals surface area contributed by atoms with Gasteiger partial charge in [-0.2, -0.15) is 5.10 Å². The van der Waals surface area contributed by atoms with Crippen LogP contribution in [0.25, 0.3) is 11.4 Å². The number of hydrogen-bond acceptors (Lipinski definition) is 5. The van der Waals surface area contributed by atoms with E-state index in [1.807, 2.05) is 41.2 Å². The molecule has 6 nitrogen and oxygen atoms in total. The number of pyridine rings is 1. The molecule has 0 spiro atoms. The van der Waals surface area contributed by atoms with Crippen LogP contribution in [-0.2, 0) is 19.8 Å². The van der Waals surface area contributed by atoms with E-state index in [4.69, 9.17) is 28.9 Å². The van der Waals surface area contributed by atoms with Crippen molar-refractivity contribution in [3.8, 4) is 11.4 Å². The summed E-state index contributed by atoms with van der Waals surface area (Å²) in [5, 5.41) is 5.71. The Labute approximate surface area is 210 Å². The average molecular weight is 491 g/mol. The smallest absolute Gasteiger partial charge is 0.199 e. The Morgan fingerprint density at radius 3 is 2.21 bits per heavy atom. The van der Waals surface area contributed by atoms with Gasteiger partial charge in [-0.15, -0.1) is 0 Å². The predicted molar refractivity (Wildman–Crippen MR) is 138 cm³/mol. The van der Waals surface area contributed by atoms with E-state index >= 15 is 0 Å². The standard InChI is InChI=1S/C26H27ClN6S/c27-24-10-8-22(9-11-24)18-30-13-15-31(16-14-30)20-33-26(34)32(19-21-5-2-1-3-6-21)25(29-33)23-7-4-12-28-17-23/h1-12,17H,13-16,18-20H2. The van der Waals surface area contributed by atoms with E-state index in [0.717, 1.165) is 53.9 Å². The second-order valence-electron chi connectivity index (χ2n) is 8.58. The zero-order chi connectivity index (χ0) is 23.3. The minimum atomic E-state index is 0.679. The molecule has 1 aliphatic rings. The van der Waals surface area contributed by atoms with Gasteiger partial charge in [-0.1, -0.05) is 54.1 Å². The van der Waals surface area contributed by atoms with Crippen LogP contribution in [0.5, 0.6) is 0 Å². The monoisotopic (exact) mass is 490 g/mol. The van der Waals surface area contributed by atoms with E-state index in [9.17, 15) is 0 Å². The van der Waals surface area contributed by atoms with Gasteiger partial charge in [0.05, 0.1) is 13.2 Å². The lowest BCUT2D eigenvalue weighted by Gasteiger charge is -2.34. The maximum Gasteiger partial charge on any atom is 0.199 e. The minimum absolute atomic E-state index is 0.679. The summed E-state index contributed by atoms with van der Waals surface area (Å²) in [5.41, 5.74) is 3.45. The van der Waals surface area contributed by atoms with Crippen molar-refractivity contribution in [3.05, 3.63) is 100 Å². The third kappa shape index (κ3) is 5.45. The van der Waals surface area contributed by atoms with E-state index in [1.165, 1.54) is 11.1 Å². The van der Waals surface area contributed by atoms with Crippen LogP contribution < -0.4 is 0 Å². The van der Waals surface area contributed by atoms with Crippen LogP contribution in [0.1, 0.15) is 11.1 Å². The predicted octanol–water partition coefficient (Wildman–Crippen LogP) is 4.95. The van der Waals surface area contributed by atoms with Gasteiger partial charge in [-0.3, -0.25) is 19.4 Å². The fourth-order valence-corrected chi connectivity index (χ4v) is 4.65. The summed E-state index contributed by atoms with van der Waals surface area (Å²) >= 11 is 11.9. The molecule has 0 saturated carbocycles. The van der Waals surface area contributed by atoms with Crippen LogP contribution in [0.3, 0.4) is 0 Å². The van der Waals surface area contributed by atoms with Gasteiger partial charge in [0.1, 0.15) is 0 Å². The van der Waals surface area contributed by atoms with Gasteiger partial charge >= 0.3 is 0 Å². The van der Waals surface area contributed by atoms with Gasteiger partial charge in [0.25, 0.3) is 0 Å². The number of piperazine rings is 1. The number of aromatic nitrogens is 4. The molecule has 4 aromatic rings. The summed E-state index contributed by atoms with van der Waals surface area (Å²) in [4.78, 5) is 9.19. The summed E-state index contributed by atoms with van der Waals surface area (Å²) in [6.07, 6.45) is 3.62. The molecule has 0 radical (unpaired) electrons. The number of nitrogens with zero attached hydrogens (tertiary/aromatic N) is 6. The van der Waals surface area contributed by atoms with Gasteiger partial charge in [-0.25, -0.2) is 4.68 Å². The molecule has 1 saturated heterocycles. The fourth-order valence-electron chi connectivity index (χ4n) is 4.28. The van der Waals surface area contributed by atoms with Crippen molar-refractivity contribution in [1.29, 1.82) is 0 Å². The molecule has 8 heteroatoms. The largest absolute Gasteiger partial charge is 0.297 e. The lowest BCUT2D eigenvalue weighted by atomic mass is 10.2. The van der Waals surface area contributed by atoms with Crippen LogP contribution in [-0.4, -0.2) is 55.3 Å². The number of benzene rings is 2. The van der Waals surface area contributed by atoms with Crippen molar-refractivity contribution >= 4 is 23.8 Å². The lowest BCUT2D eigenvalue weighted by Crippen LogP contribution is -2.46. The second kappa shape index (κ2) is 10.6. The molecule has 5 rings (SSSR count). The molecule has 1 aliphatic heterocycles. The highest BCUT2D eigenvalue weighted by Crippen LogP contribution is 2.20. The summed E-state index contributed by atoms with van der Waals surface area (Å²) in [5.74, 6) is 0.850. The van der Waals surface area contributed by atoms with Crippen LogP contribution >= 0.6 is 23.8 Å². The third-order valence-corrected chi connectivity index (χ3v) is 6.83. The minimum Gasteiger partial charge on any atom is -0.297 e. The highest BCUT2D eigenvalue weighted by atomic mass is 35.5. The molecule has 3 heterocycles. The first kappa shape index (κ1) is 22.9. The molecule has 0 N–H and O–H groups in total. The van der Waals surface area contributed by atoms with Crippen molar-refractivity contribution < 1.29 is 0 Å². The second-order valence-corrected chi connectivity index (χ2v) is 9.38. The molecule has 0 aliphatic carbocycles. The van der Waals surface area contributed by atoms with Gasteiger partial charge in [0.15, 0.2) is 10.6 Å². The van der Waals surface area contributed by atoms with Crippen LogP contribution in [0.4, 0.5) is 0 Å². The van der Waals surface area contributed by atoms with Crippen LogP contribution in [0, 0.1) is 4.77 Å². The SMILES string of the molecule is S=c1n(CN2CCN(Cc3ccc(Cl)cc3)CC2)nc(-c2cccnc2)n1Cc1ccccc1.